The van der Waals surface area contributed by atoms with Crippen molar-refractivity contribution >= 4 is 104 Å². The summed E-state index contributed by atoms with van der Waals surface area (Å²) in [5.74, 6) is 0. The predicted octanol–water partition coefficient (Wildman–Crippen LogP) is 3.40. The Kier molecular flexibility index (Phi) is 5.68. The van der Waals surface area contributed by atoms with Crippen molar-refractivity contribution in [2.45, 2.75) is 11.7 Å². The molecule has 0 bridgehead atoms. The monoisotopic (exact) mass is 432 g/mol. The van der Waals surface area contributed by atoms with Gasteiger partial charge in [-0.25, -0.2) is 0 Å². The summed E-state index contributed by atoms with van der Waals surface area (Å²) in [6.07, 6.45) is 3.69. The smallest absolute Gasteiger partial charge is 0.0408 e. The van der Waals surface area contributed by atoms with Gasteiger partial charge in [0.15, 0.2) is 0 Å². The molecule has 0 saturated heterocycles. The Morgan fingerprint density at radius 1 is 0.444 bits per heavy atom. The molecule has 0 N–H and O–H groups in total. The number of hydrogen-bond acceptors (Lipinski definition) is 0. The van der Waals surface area contributed by atoms with E-state index in [4.69, 9.17) is 104 Å². The summed E-state index contributed by atoms with van der Waals surface area (Å²) in [7, 11) is 0. The lowest BCUT2D eigenvalue weighted by atomic mass is 10.8. The van der Waals surface area contributed by atoms with Crippen LogP contribution in [0.25, 0.3) is 0 Å². The van der Waals surface area contributed by atoms with E-state index < -0.39 is 11.7 Å². The molecule has 0 fully saturated rings. The van der Waals surface area contributed by atoms with Crippen molar-refractivity contribution < 1.29 is 13.7 Å². The number of rotatable bonds is 0. The van der Waals surface area contributed by atoms with E-state index >= 15 is 0 Å². The molecule has 18 heavy (non-hydrogen) atoms. The van der Waals surface area contributed by atoms with Crippen LogP contribution in [0.2, 0.25) is 0 Å². The van der Waals surface area contributed by atoms with Crippen LogP contribution in [-0.2, 0) is 11.7 Å². The van der Waals surface area contributed by atoms with Gasteiger partial charge in [0.2, 0.25) is 0 Å². The van der Waals surface area contributed by atoms with Gasteiger partial charge >= 0.3 is 30.7 Å². The van der Waals surface area contributed by atoms with Crippen LogP contribution in [0, 0.1) is 0 Å². The average Bonchev–Trinajstić information content (AvgIpc) is 2.13. The molecule has 1 aromatic heterocycles. The molecule has 0 aromatic carbocycles. The number of aromatic nitrogens is 3. The standard InChI is InChI=1S/C6H3Cl9N3/c7-4(8,9)16-1-17(5(10,11)12)3-18(2-16)6(13,14)15/h1-3H/q+3. The third-order valence-electron chi connectivity index (χ3n) is 1.62. The molecule has 0 aliphatic heterocycles. The van der Waals surface area contributed by atoms with E-state index in [0.717, 1.165) is 13.7 Å². The van der Waals surface area contributed by atoms with E-state index in [-0.39, 0.29) is 0 Å². The second kappa shape index (κ2) is 5.78. The summed E-state index contributed by atoms with van der Waals surface area (Å²) in [5.41, 5.74) is 0. The Morgan fingerprint density at radius 2 is 0.611 bits per heavy atom. The number of hydrogen-bond donors (Lipinski definition) is 0. The van der Waals surface area contributed by atoms with E-state index in [1.807, 2.05) is 0 Å². The molecule has 3 nitrogen and oxygen atoms in total. The highest BCUT2D eigenvalue weighted by molar-refractivity contribution is 6.64. The molecule has 102 valence electrons. The topological polar surface area (TPSA) is 11.6 Å². The van der Waals surface area contributed by atoms with E-state index in [9.17, 15) is 0 Å². The van der Waals surface area contributed by atoms with E-state index in [0.29, 0.717) is 0 Å². The number of nitrogens with zero attached hydrogens (tertiary/aromatic N) is 3. The van der Waals surface area contributed by atoms with Crippen molar-refractivity contribution in [1.82, 2.24) is 0 Å². The van der Waals surface area contributed by atoms with Gasteiger partial charge in [-0.15, -0.1) is 0 Å². The maximum absolute atomic E-state index is 5.71. The normalized spacial score (nSPS) is 13.8. The maximum Gasteiger partial charge on any atom is 0.424 e. The van der Waals surface area contributed by atoms with Crippen molar-refractivity contribution in [3.05, 3.63) is 19.0 Å². The predicted molar refractivity (Wildman–Crippen MR) is 73.6 cm³/mol. The summed E-state index contributed by atoms with van der Waals surface area (Å²) in [6.45, 7) is 0. The average molecular weight is 436 g/mol. The van der Waals surface area contributed by atoms with Crippen LogP contribution in [0.1, 0.15) is 0 Å². The lowest BCUT2D eigenvalue weighted by Crippen LogP contribution is -2.66. The zero-order valence-electron chi connectivity index (χ0n) is 7.98. The molecule has 1 aromatic rings. The Bertz CT molecular complexity index is 364. The quantitative estimate of drug-likeness (QED) is 0.437. The van der Waals surface area contributed by atoms with E-state index in [1.54, 1.807) is 0 Å². The molecule has 0 spiro atoms. The first-order valence-electron chi connectivity index (χ1n) is 3.92. The Balaban J connectivity index is 3.49. The molecule has 0 unspecified atom stereocenters. The highest BCUT2D eigenvalue weighted by Gasteiger charge is 2.47. The highest BCUT2D eigenvalue weighted by atomic mass is 35.6. The maximum atomic E-state index is 5.71. The molecule has 0 aliphatic carbocycles. The van der Waals surface area contributed by atoms with Crippen LogP contribution in [0.3, 0.4) is 0 Å². The van der Waals surface area contributed by atoms with E-state index in [1.165, 1.54) is 19.0 Å². The minimum absolute atomic E-state index is 1.07. The van der Waals surface area contributed by atoms with Crippen LogP contribution < -0.4 is 13.7 Å². The van der Waals surface area contributed by atoms with Crippen LogP contribution in [-0.4, -0.2) is 0 Å². The number of alkyl halides is 9. The van der Waals surface area contributed by atoms with Crippen molar-refractivity contribution in [3.63, 3.8) is 0 Å². The third kappa shape index (κ3) is 4.87. The molecule has 0 aliphatic rings. The van der Waals surface area contributed by atoms with Gasteiger partial charge in [0, 0.05) is 0 Å². The third-order valence-corrected chi connectivity index (χ3v) is 3.38. The fraction of sp³-hybridized carbons (Fsp3) is 0.500. The molecular formula is C6H3Cl9N3+3. The Morgan fingerprint density at radius 3 is 0.722 bits per heavy atom. The molecule has 0 atom stereocenters. The van der Waals surface area contributed by atoms with Gasteiger partial charge in [-0.1, -0.05) is 0 Å². The van der Waals surface area contributed by atoms with Gasteiger partial charge in [-0.3, -0.25) is 0 Å². The highest BCUT2D eigenvalue weighted by Crippen LogP contribution is 2.28. The van der Waals surface area contributed by atoms with Gasteiger partial charge in [0.1, 0.15) is 0 Å². The zero-order valence-corrected chi connectivity index (χ0v) is 14.8. The Labute approximate surface area is 148 Å². The first-order chi connectivity index (χ1) is 7.82. The Hall–Kier alpha value is 1.62. The van der Waals surface area contributed by atoms with Crippen LogP contribution >= 0.6 is 104 Å². The van der Waals surface area contributed by atoms with Gasteiger partial charge in [0.05, 0.1) is 0 Å². The first kappa shape index (κ1) is 17.7. The molecular weight excluding hydrogens is 433 g/mol. The summed E-state index contributed by atoms with van der Waals surface area (Å²) < 4.78 is -2.34. The molecule has 12 heteroatoms. The molecule has 0 saturated carbocycles. The lowest BCUT2D eigenvalue weighted by molar-refractivity contribution is -0.944. The summed E-state index contributed by atoms with van der Waals surface area (Å²) in [5, 5.41) is 0. The number of halogens is 9. The van der Waals surface area contributed by atoms with Crippen molar-refractivity contribution in [3.8, 4) is 0 Å². The fourth-order valence-corrected chi connectivity index (χ4v) is 1.67. The van der Waals surface area contributed by atoms with Gasteiger partial charge < -0.3 is 0 Å². The largest absolute Gasteiger partial charge is 0.424 e. The minimum atomic E-state index is -1.85. The molecule has 1 heterocycles. The second-order valence-electron chi connectivity index (χ2n) is 2.97. The summed E-state index contributed by atoms with van der Waals surface area (Å²) in [6, 6.07) is 0. The van der Waals surface area contributed by atoms with Crippen LogP contribution in [0.15, 0.2) is 19.0 Å². The van der Waals surface area contributed by atoms with Crippen LogP contribution in [0.4, 0.5) is 0 Å². The van der Waals surface area contributed by atoms with Gasteiger partial charge in [-0.05, 0) is 118 Å². The lowest BCUT2D eigenvalue weighted by Gasteiger charge is -2.07. The van der Waals surface area contributed by atoms with Gasteiger partial charge in [-0.2, -0.15) is 0 Å². The molecule has 1 rings (SSSR count). The SMILES string of the molecule is ClC(Cl)(Cl)[n+]1c[n+](C(Cl)(Cl)Cl)c[n+](C(Cl)(Cl)Cl)c1. The minimum Gasteiger partial charge on any atom is -0.0408 e. The van der Waals surface area contributed by atoms with Crippen LogP contribution in [0.5, 0.6) is 0 Å². The second-order valence-corrected chi connectivity index (χ2v) is 9.64. The fourth-order valence-electron chi connectivity index (χ4n) is 0.884. The van der Waals surface area contributed by atoms with Gasteiger partial charge in [0.25, 0.3) is 0 Å². The first-order valence-corrected chi connectivity index (χ1v) is 7.32. The molecule has 0 radical (unpaired) electrons. The zero-order chi connectivity index (χ0) is 14.4. The summed E-state index contributed by atoms with van der Waals surface area (Å²) >= 11 is 51.4. The summed E-state index contributed by atoms with van der Waals surface area (Å²) in [4.78, 5) is 0. The van der Waals surface area contributed by atoms with Crippen molar-refractivity contribution in [2.24, 2.45) is 0 Å². The van der Waals surface area contributed by atoms with Crippen molar-refractivity contribution in [2.75, 3.05) is 0 Å². The van der Waals surface area contributed by atoms with E-state index in [2.05, 4.69) is 0 Å². The molecule has 0 amide bonds. The van der Waals surface area contributed by atoms with Crippen molar-refractivity contribution in [1.29, 1.82) is 0 Å².